The lowest BCUT2D eigenvalue weighted by molar-refractivity contribution is -0.00773. The third-order valence-electron chi connectivity index (χ3n) is 4.81. The van der Waals surface area contributed by atoms with E-state index in [1.165, 1.54) is 0 Å². The van der Waals surface area contributed by atoms with E-state index >= 15 is 0 Å². The lowest BCUT2D eigenvalue weighted by atomic mass is 10.0. The molecular formula is C17H21N3O2. The number of ether oxygens (including phenoxy) is 1. The quantitative estimate of drug-likeness (QED) is 0.926. The third kappa shape index (κ3) is 2.29. The Labute approximate surface area is 129 Å². The van der Waals surface area contributed by atoms with Crippen LogP contribution in [0.2, 0.25) is 0 Å². The van der Waals surface area contributed by atoms with E-state index in [1.807, 2.05) is 36.6 Å². The Morgan fingerprint density at radius 3 is 2.77 bits per heavy atom. The van der Waals surface area contributed by atoms with Crippen LogP contribution in [0.1, 0.15) is 47.4 Å². The molecule has 2 aromatic heterocycles. The number of carbonyl (C=O) groups is 1. The molecule has 1 N–H and O–H groups in total. The zero-order chi connectivity index (χ0) is 15.3. The van der Waals surface area contributed by atoms with Crippen LogP contribution < -0.4 is 5.32 Å². The molecule has 1 amide bonds. The first-order valence-corrected chi connectivity index (χ1v) is 8.02. The predicted octanol–water partition coefficient (Wildman–Crippen LogP) is 2.39. The highest BCUT2D eigenvalue weighted by atomic mass is 16.5. The SMILES string of the molecule is Cc1cc(C)n2ccc(C(=O)NC3CC4CCC(C3)O4)c2n1. The maximum Gasteiger partial charge on any atom is 0.255 e. The van der Waals surface area contributed by atoms with Crippen molar-refractivity contribution < 1.29 is 9.53 Å². The summed E-state index contributed by atoms with van der Waals surface area (Å²) in [7, 11) is 0. The number of nitrogens with zero attached hydrogens (tertiary/aromatic N) is 2. The molecule has 2 aliphatic rings. The molecule has 0 saturated carbocycles. The van der Waals surface area contributed by atoms with E-state index in [1.54, 1.807) is 0 Å². The average Bonchev–Trinajstić information content (AvgIpc) is 3.02. The number of hydrogen-bond acceptors (Lipinski definition) is 3. The first kappa shape index (κ1) is 13.8. The van der Waals surface area contributed by atoms with Crippen molar-refractivity contribution in [1.29, 1.82) is 0 Å². The molecule has 4 rings (SSSR count). The first-order valence-electron chi connectivity index (χ1n) is 8.02. The van der Waals surface area contributed by atoms with Crippen molar-refractivity contribution in [2.24, 2.45) is 0 Å². The van der Waals surface area contributed by atoms with Gasteiger partial charge in [0.2, 0.25) is 0 Å². The average molecular weight is 299 g/mol. The molecule has 2 bridgehead atoms. The number of amides is 1. The summed E-state index contributed by atoms with van der Waals surface area (Å²) in [5, 5.41) is 3.18. The minimum atomic E-state index is -0.0219. The van der Waals surface area contributed by atoms with Crippen molar-refractivity contribution in [2.45, 2.75) is 57.8 Å². The maximum atomic E-state index is 12.6. The molecule has 22 heavy (non-hydrogen) atoms. The van der Waals surface area contributed by atoms with Gasteiger partial charge in [0.1, 0.15) is 5.65 Å². The van der Waals surface area contributed by atoms with Crippen molar-refractivity contribution in [3.63, 3.8) is 0 Å². The Kier molecular flexibility index (Phi) is 3.18. The number of nitrogens with one attached hydrogen (secondary N) is 1. The van der Waals surface area contributed by atoms with Gasteiger partial charge in [-0.15, -0.1) is 0 Å². The van der Waals surface area contributed by atoms with E-state index in [-0.39, 0.29) is 11.9 Å². The van der Waals surface area contributed by atoms with Crippen LogP contribution in [-0.4, -0.2) is 33.5 Å². The van der Waals surface area contributed by atoms with Gasteiger partial charge < -0.3 is 14.5 Å². The van der Waals surface area contributed by atoms with Crippen LogP contribution in [0.5, 0.6) is 0 Å². The van der Waals surface area contributed by atoms with Gasteiger partial charge in [-0.3, -0.25) is 4.79 Å². The fourth-order valence-electron chi connectivity index (χ4n) is 3.81. The second kappa shape index (κ2) is 5.09. The van der Waals surface area contributed by atoms with Crippen molar-refractivity contribution in [1.82, 2.24) is 14.7 Å². The molecule has 0 radical (unpaired) electrons. The standard InChI is InChI=1S/C17H21N3O2/c1-10-7-11(2)20-6-5-15(16(20)18-10)17(21)19-12-8-13-3-4-14(9-12)22-13/h5-7,12-14H,3-4,8-9H2,1-2H3,(H,19,21). The Bertz CT molecular complexity index is 725. The number of carbonyl (C=O) groups excluding carboxylic acids is 1. The van der Waals surface area contributed by atoms with Crippen LogP contribution in [0.4, 0.5) is 0 Å². The first-order chi connectivity index (χ1) is 10.6. The molecule has 2 aromatic rings. The molecule has 116 valence electrons. The smallest absolute Gasteiger partial charge is 0.255 e. The van der Waals surface area contributed by atoms with Gasteiger partial charge in [-0.1, -0.05) is 0 Å². The number of aryl methyl sites for hydroxylation is 2. The zero-order valence-electron chi connectivity index (χ0n) is 13.0. The van der Waals surface area contributed by atoms with Gasteiger partial charge in [-0.25, -0.2) is 4.98 Å². The Morgan fingerprint density at radius 2 is 2.05 bits per heavy atom. The highest BCUT2D eigenvalue weighted by Gasteiger charge is 2.35. The van der Waals surface area contributed by atoms with Gasteiger partial charge in [-0.05, 0) is 51.7 Å². The van der Waals surface area contributed by atoms with Crippen LogP contribution in [0, 0.1) is 13.8 Å². The fraction of sp³-hybridized carbons (Fsp3) is 0.529. The largest absolute Gasteiger partial charge is 0.375 e. The normalized spacial score (nSPS) is 27.3. The summed E-state index contributed by atoms with van der Waals surface area (Å²) in [6.45, 7) is 3.98. The molecule has 4 heterocycles. The lowest BCUT2D eigenvalue weighted by Crippen LogP contribution is -2.42. The van der Waals surface area contributed by atoms with E-state index in [0.29, 0.717) is 17.8 Å². The highest BCUT2D eigenvalue weighted by Crippen LogP contribution is 2.32. The third-order valence-corrected chi connectivity index (χ3v) is 4.81. The van der Waals surface area contributed by atoms with Gasteiger partial charge in [-0.2, -0.15) is 0 Å². The molecule has 0 aromatic carbocycles. The summed E-state index contributed by atoms with van der Waals surface area (Å²) in [5.41, 5.74) is 3.42. The summed E-state index contributed by atoms with van der Waals surface area (Å²) in [6.07, 6.45) is 6.70. The van der Waals surface area contributed by atoms with Crippen molar-refractivity contribution in [2.75, 3.05) is 0 Å². The maximum absolute atomic E-state index is 12.6. The van der Waals surface area contributed by atoms with Gasteiger partial charge >= 0.3 is 0 Å². The van der Waals surface area contributed by atoms with Crippen molar-refractivity contribution in [3.8, 4) is 0 Å². The van der Waals surface area contributed by atoms with Crippen LogP contribution in [0.3, 0.4) is 0 Å². The topological polar surface area (TPSA) is 55.6 Å². The van der Waals surface area contributed by atoms with Crippen LogP contribution >= 0.6 is 0 Å². The number of rotatable bonds is 2. The van der Waals surface area contributed by atoms with Gasteiger partial charge in [0.15, 0.2) is 0 Å². The van der Waals surface area contributed by atoms with Gasteiger partial charge in [0.05, 0.1) is 17.8 Å². The molecule has 2 fully saturated rings. The van der Waals surface area contributed by atoms with Gasteiger partial charge in [0, 0.05) is 23.6 Å². The van der Waals surface area contributed by atoms with Gasteiger partial charge in [0.25, 0.3) is 5.91 Å². The van der Waals surface area contributed by atoms with E-state index < -0.39 is 0 Å². The second-order valence-electron chi connectivity index (χ2n) is 6.56. The van der Waals surface area contributed by atoms with E-state index in [4.69, 9.17) is 4.74 Å². The molecule has 2 aliphatic heterocycles. The molecule has 5 heteroatoms. The molecule has 2 atom stereocenters. The van der Waals surface area contributed by atoms with Crippen molar-refractivity contribution >= 4 is 11.6 Å². The molecule has 0 spiro atoms. The Balaban J connectivity index is 1.58. The summed E-state index contributed by atoms with van der Waals surface area (Å²) >= 11 is 0. The van der Waals surface area contributed by atoms with Crippen LogP contribution in [0.25, 0.3) is 5.65 Å². The predicted molar refractivity (Wildman–Crippen MR) is 83.0 cm³/mol. The molecule has 5 nitrogen and oxygen atoms in total. The second-order valence-corrected chi connectivity index (χ2v) is 6.56. The number of hydrogen-bond donors (Lipinski definition) is 1. The zero-order valence-corrected chi connectivity index (χ0v) is 13.0. The van der Waals surface area contributed by atoms with Crippen LogP contribution in [-0.2, 0) is 4.74 Å². The number of fused-ring (bicyclic) bond motifs is 3. The number of aromatic nitrogens is 2. The molecule has 2 unspecified atom stereocenters. The summed E-state index contributed by atoms with van der Waals surface area (Å²) in [5.74, 6) is -0.0219. The lowest BCUT2D eigenvalue weighted by Gasteiger charge is -2.28. The minimum absolute atomic E-state index is 0.0219. The highest BCUT2D eigenvalue weighted by molar-refractivity contribution is 6.00. The summed E-state index contributed by atoms with van der Waals surface area (Å²) in [6, 6.07) is 4.10. The van der Waals surface area contributed by atoms with E-state index in [2.05, 4.69) is 10.3 Å². The summed E-state index contributed by atoms with van der Waals surface area (Å²) < 4.78 is 7.80. The molecule has 0 aliphatic carbocycles. The van der Waals surface area contributed by atoms with Crippen LogP contribution in [0.15, 0.2) is 18.3 Å². The molecular weight excluding hydrogens is 278 g/mol. The van der Waals surface area contributed by atoms with E-state index in [0.717, 1.165) is 42.7 Å². The van der Waals surface area contributed by atoms with E-state index in [9.17, 15) is 4.79 Å². The van der Waals surface area contributed by atoms with Crippen molar-refractivity contribution in [3.05, 3.63) is 35.3 Å². The minimum Gasteiger partial charge on any atom is -0.375 e. The Morgan fingerprint density at radius 1 is 1.32 bits per heavy atom. The molecule has 2 saturated heterocycles. The summed E-state index contributed by atoms with van der Waals surface area (Å²) in [4.78, 5) is 17.2. The monoisotopic (exact) mass is 299 g/mol. The fourth-order valence-corrected chi connectivity index (χ4v) is 3.81. The Hall–Kier alpha value is -1.88.